The normalized spacial score (nSPS) is 12.8. The summed E-state index contributed by atoms with van der Waals surface area (Å²) in [6.45, 7) is 7.88. The molecule has 2 rings (SSSR count). The van der Waals surface area contributed by atoms with E-state index in [1.807, 2.05) is 12.1 Å². The van der Waals surface area contributed by atoms with Crippen LogP contribution in [0.4, 0.5) is 4.39 Å². The molecule has 0 bridgehead atoms. The van der Waals surface area contributed by atoms with E-state index in [0.29, 0.717) is 17.0 Å². The first-order valence-corrected chi connectivity index (χ1v) is 7.34. The van der Waals surface area contributed by atoms with Crippen LogP contribution in [-0.2, 0) is 0 Å². The summed E-state index contributed by atoms with van der Waals surface area (Å²) in [5.41, 5.74) is 4.57. The standard InChI is InChI=1S/C18H20ClF/c1-11(2)14-5-7-15(8-6-14)17(19)16-9-12(3)18(20)13(4)10-16/h5-11,17H,1-4H3. The number of halogens is 2. The van der Waals surface area contributed by atoms with Gasteiger partial charge in [-0.25, -0.2) is 4.39 Å². The molecule has 0 aliphatic rings. The third-order valence-electron chi connectivity index (χ3n) is 3.65. The van der Waals surface area contributed by atoms with Gasteiger partial charge in [0, 0.05) is 0 Å². The second-order valence-electron chi connectivity index (χ2n) is 5.65. The fourth-order valence-corrected chi connectivity index (χ4v) is 2.64. The van der Waals surface area contributed by atoms with Crippen LogP contribution in [0.15, 0.2) is 36.4 Å². The van der Waals surface area contributed by atoms with Gasteiger partial charge < -0.3 is 0 Å². The molecule has 2 aromatic rings. The summed E-state index contributed by atoms with van der Waals surface area (Å²) >= 11 is 6.54. The average Bonchev–Trinajstić information content (AvgIpc) is 2.43. The first-order valence-electron chi connectivity index (χ1n) is 6.90. The SMILES string of the molecule is Cc1cc(C(Cl)c2ccc(C(C)C)cc2)cc(C)c1F. The van der Waals surface area contributed by atoms with Gasteiger partial charge in [-0.15, -0.1) is 11.6 Å². The van der Waals surface area contributed by atoms with Crippen molar-refractivity contribution in [3.63, 3.8) is 0 Å². The largest absolute Gasteiger partial charge is 0.206 e. The van der Waals surface area contributed by atoms with Crippen molar-refractivity contribution in [2.24, 2.45) is 0 Å². The summed E-state index contributed by atoms with van der Waals surface area (Å²) in [5, 5.41) is -0.241. The van der Waals surface area contributed by atoms with Crippen LogP contribution >= 0.6 is 11.6 Å². The maximum Gasteiger partial charge on any atom is 0.129 e. The van der Waals surface area contributed by atoms with Crippen LogP contribution in [0.3, 0.4) is 0 Å². The Morgan fingerprint density at radius 3 is 1.75 bits per heavy atom. The number of hydrogen-bond acceptors (Lipinski definition) is 0. The molecule has 0 fully saturated rings. The van der Waals surface area contributed by atoms with Crippen molar-refractivity contribution in [1.29, 1.82) is 0 Å². The van der Waals surface area contributed by atoms with E-state index in [-0.39, 0.29) is 11.2 Å². The highest BCUT2D eigenvalue weighted by Gasteiger charge is 2.14. The molecule has 1 atom stereocenters. The lowest BCUT2D eigenvalue weighted by Crippen LogP contribution is -1.98. The van der Waals surface area contributed by atoms with Gasteiger partial charge in [-0.2, -0.15) is 0 Å². The highest BCUT2D eigenvalue weighted by molar-refractivity contribution is 6.22. The van der Waals surface area contributed by atoms with E-state index in [9.17, 15) is 4.39 Å². The highest BCUT2D eigenvalue weighted by Crippen LogP contribution is 2.31. The Kier molecular flexibility index (Phi) is 4.49. The summed E-state index contributed by atoms with van der Waals surface area (Å²) in [6, 6.07) is 12.0. The van der Waals surface area contributed by atoms with Gasteiger partial charge in [0.1, 0.15) is 5.82 Å². The molecule has 1 unspecified atom stereocenters. The monoisotopic (exact) mass is 290 g/mol. The van der Waals surface area contributed by atoms with E-state index in [4.69, 9.17) is 11.6 Å². The first kappa shape index (κ1) is 15.1. The summed E-state index contributed by atoms with van der Waals surface area (Å²) in [5.74, 6) is 0.362. The topological polar surface area (TPSA) is 0 Å². The van der Waals surface area contributed by atoms with E-state index in [1.54, 1.807) is 13.8 Å². The lowest BCUT2D eigenvalue weighted by Gasteiger charge is -2.14. The van der Waals surface area contributed by atoms with Crippen molar-refractivity contribution in [2.45, 2.75) is 39.0 Å². The molecule has 20 heavy (non-hydrogen) atoms. The number of benzene rings is 2. The van der Waals surface area contributed by atoms with Gasteiger partial charge >= 0.3 is 0 Å². The minimum atomic E-state index is -0.241. The van der Waals surface area contributed by atoms with Gasteiger partial charge in [-0.1, -0.05) is 50.2 Å². The molecule has 0 saturated carbocycles. The van der Waals surface area contributed by atoms with Crippen molar-refractivity contribution in [1.82, 2.24) is 0 Å². The maximum atomic E-state index is 13.7. The van der Waals surface area contributed by atoms with Crippen LogP contribution < -0.4 is 0 Å². The minimum Gasteiger partial charge on any atom is -0.206 e. The van der Waals surface area contributed by atoms with Crippen LogP contribution in [0, 0.1) is 19.7 Å². The molecule has 106 valence electrons. The van der Waals surface area contributed by atoms with E-state index in [0.717, 1.165) is 11.1 Å². The molecule has 0 radical (unpaired) electrons. The smallest absolute Gasteiger partial charge is 0.129 e. The van der Waals surface area contributed by atoms with E-state index in [1.165, 1.54) is 5.56 Å². The fourth-order valence-electron chi connectivity index (χ4n) is 2.37. The molecule has 0 aliphatic carbocycles. The van der Waals surface area contributed by atoms with Gasteiger partial charge in [0.2, 0.25) is 0 Å². The van der Waals surface area contributed by atoms with Crippen LogP contribution in [0.2, 0.25) is 0 Å². The Bertz CT molecular complexity index is 576. The van der Waals surface area contributed by atoms with Crippen molar-refractivity contribution in [3.8, 4) is 0 Å². The number of rotatable bonds is 3. The van der Waals surface area contributed by atoms with Gasteiger partial charge in [-0.05, 0) is 47.6 Å². The van der Waals surface area contributed by atoms with Crippen molar-refractivity contribution in [2.75, 3.05) is 0 Å². The Hall–Kier alpha value is -1.34. The number of alkyl halides is 1. The Morgan fingerprint density at radius 1 is 0.850 bits per heavy atom. The molecular weight excluding hydrogens is 271 g/mol. The predicted octanol–water partition coefficient (Wildman–Crippen LogP) is 5.89. The van der Waals surface area contributed by atoms with Crippen LogP contribution in [0.1, 0.15) is 53.0 Å². The second kappa shape index (κ2) is 5.97. The lowest BCUT2D eigenvalue weighted by molar-refractivity contribution is 0.608. The zero-order valence-corrected chi connectivity index (χ0v) is 13.1. The third-order valence-corrected chi connectivity index (χ3v) is 4.15. The maximum absolute atomic E-state index is 13.7. The molecule has 0 saturated heterocycles. The van der Waals surface area contributed by atoms with Crippen LogP contribution in [-0.4, -0.2) is 0 Å². The quantitative estimate of drug-likeness (QED) is 0.618. The van der Waals surface area contributed by atoms with Gasteiger partial charge in [-0.3, -0.25) is 0 Å². The molecule has 0 spiro atoms. The zero-order valence-electron chi connectivity index (χ0n) is 12.4. The molecule has 0 aliphatic heterocycles. The molecule has 0 aromatic heterocycles. The Labute approximate surface area is 125 Å². The average molecular weight is 291 g/mol. The summed E-state index contributed by atoms with van der Waals surface area (Å²) < 4.78 is 13.7. The molecule has 2 aromatic carbocycles. The Morgan fingerprint density at radius 2 is 1.30 bits per heavy atom. The third kappa shape index (κ3) is 3.04. The number of aryl methyl sites for hydroxylation is 2. The molecule has 2 heteroatoms. The van der Waals surface area contributed by atoms with Crippen LogP contribution in [0.5, 0.6) is 0 Å². The van der Waals surface area contributed by atoms with E-state index < -0.39 is 0 Å². The lowest BCUT2D eigenvalue weighted by atomic mass is 9.97. The van der Waals surface area contributed by atoms with Crippen molar-refractivity contribution in [3.05, 3.63) is 70.0 Å². The van der Waals surface area contributed by atoms with E-state index in [2.05, 4.69) is 38.1 Å². The minimum absolute atomic E-state index is 0.146. The van der Waals surface area contributed by atoms with Crippen LogP contribution in [0.25, 0.3) is 0 Å². The van der Waals surface area contributed by atoms with Gasteiger partial charge in [0.05, 0.1) is 5.38 Å². The first-order chi connectivity index (χ1) is 9.40. The molecule has 0 N–H and O–H groups in total. The van der Waals surface area contributed by atoms with Gasteiger partial charge in [0.25, 0.3) is 0 Å². The molecule has 0 nitrogen and oxygen atoms in total. The molecular formula is C18H20ClF. The predicted molar refractivity (Wildman–Crippen MR) is 84.1 cm³/mol. The molecule has 0 heterocycles. The van der Waals surface area contributed by atoms with E-state index >= 15 is 0 Å². The molecule has 0 amide bonds. The number of hydrogen-bond donors (Lipinski definition) is 0. The second-order valence-corrected chi connectivity index (χ2v) is 6.09. The Balaban J connectivity index is 2.33. The fraction of sp³-hybridized carbons (Fsp3) is 0.333. The van der Waals surface area contributed by atoms with Gasteiger partial charge in [0.15, 0.2) is 0 Å². The summed E-state index contributed by atoms with van der Waals surface area (Å²) in [6.07, 6.45) is 0. The summed E-state index contributed by atoms with van der Waals surface area (Å²) in [4.78, 5) is 0. The highest BCUT2D eigenvalue weighted by atomic mass is 35.5. The van der Waals surface area contributed by atoms with Crippen molar-refractivity contribution >= 4 is 11.6 Å². The summed E-state index contributed by atoms with van der Waals surface area (Å²) in [7, 11) is 0. The van der Waals surface area contributed by atoms with Crippen molar-refractivity contribution < 1.29 is 4.39 Å². The zero-order chi connectivity index (χ0) is 14.9.